The van der Waals surface area contributed by atoms with Crippen molar-refractivity contribution in [1.29, 1.82) is 0 Å². The number of hydrogen-bond donors (Lipinski definition) is 1. The van der Waals surface area contributed by atoms with Crippen molar-refractivity contribution < 1.29 is 14.7 Å². The van der Waals surface area contributed by atoms with E-state index in [0.717, 1.165) is 32.5 Å². The third-order valence-corrected chi connectivity index (χ3v) is 4.66. The Bertz CT molecular complexity index is 385. The molecule has 2 rings (SSSR count). The maximum absolute atomic E-state index is 12.3. The SMILES string of the molecule is CC1CCCN(C(=O)CN2CCCC(C)(C(=O)O)C2)C1. The number of carboxylic acid groups (broad SMARTS) is 1. The minimum atomic E-state index is -0.749. The van der Waals surface area contributed by atoms with Crippen LogP contribution in [0.5, 0.6) is 0 Å². The quantitative estimate of drug-likeness (QED) is 0.850. The van der Waals surface area contributed by atoms with Crippen LogP contribution in [0.2, 0.25) is 0 Å². The lowest BCUT2D eigenvalue weighted by Gasteiger charge is -2.39. The van der Waals surface area contributed by atoms with Gasteiger partial charge in [-0.05, 0) is 45.1 Å². The van der Waals surface area contributed by atoms with Crippen molar-refractivity contribution in [3.63, 3.8) is 0 Å². The summed E-state index contributed by atoms with van der Waals surface area (Å²) in [6.45, 7) is 7.36. The Balaban J connectivity index is 1.89. The molecule has 0 aromatic carbocycles. The molecule has 114 valence electrons. The van der Waals surface area contributed by atoms with Gasteiger partial charge in [-0.1, -0.05) is 6.92 Å². The highest BCUT2D eigenvalue weighted by Crippen LogP contribution is 2.29. The van der Waals surface area contributed by atoms with Gasteiger partial charge in [0.2, 0.25) is 5.91 Å². The number of likely N-dealkylation sites (tertiary alicyclic amines) is 2. The Morgan fingerprint density at radius 3 is 2.70 bits per heavy atom. The lowest BCUT2D eigenvalue weighted by Crippen LogP contribution is -2.50. The number of piperidine rings is 2. The topological polar surface area (TPSA) is 60.9 Å². The van der Waals surface area contributed by atoms with Crippen LogP contribution in [0, 0.1) is 11.3 Å². The van der Waals surface area contributed by atoms with Crippen molar-refractivity contribution >= 4 is 11.9 Å². The van der Waals surface area contributed by atoms with Crippen LogP contribution in [0.15, 0.2) is 0 Å². The van der Waals surface area contributed by atoms with E-state index in [0.29, 0.717) is 25.4 Å². The third kappa shape index (κ3) is 3.51. The fraction of sp³-hybridized carbons (Fsp3) is 0.867. The van der Waals surface area contributed by atoms with Crippen LogP contribution in [0.1, 0.15) is 39.5 Å². The van der Waals surface area contributed by atoms with Gasteiger partial charge in [-0.2, -0.15) is 0 Å². The second-order valence-corrected chi connectivity index (χ2v) is 6.77. The Labute approximate surface area is 120 Å². The molecule has 0 aromatic heterocycles. The molecule has 0 saturated carbocycles. The summed E-state index contributed by atoms with van der Waals surface area (Å²) in [5, 5.41) is 9.31. The Morgan fingerprint density at radius 2 is 2.05 bits per heavy atom. The van der Waals surface area contributed by atoms with E-state index in [-0.39, 0.29) is 5.91 Å². The first-order valence-corrected chi connectivity index (χ1v) is 7.64. The van der Waals surface area contributed by atoms with Gasteiger partial charge >= 0.3 is 5.97 Å². The van der Waals surface area contributed by atoms with Gasteiger partial charge in [-0.3, -0.25) is 14.5 Å². The van der Waals surface area contributed by atoms with Gasteiger partial charge in [0, 0.05) is 19.6 Å². The molecule has 2 saturated heterocycles. The number of carbonyl (C=O) groups excluding carboxylic acids is 1. The fourth-order valence-electron chi connectivity index (χ4n) is 3.36. The summed E-state index contributed by atoms with van der Waals surface area (Å²) < 4.78 is 0. The Hall–Kier alpha value is -1.10. The van der Waals surface area contributed by atoms with Crippen LogP contribution in [0.4, 0.5) is 0 Å². The van der Waals surface area contributed by atoms with E-state index in [1.165, 1.54) is 6.42 Å². The van der Waals surface area contributed by atoms with Gasteiger partial charge < -0.3 is 10.0 Å². The Morgan fingerprint density at radius 1 is 1.30 bits per heavy atom. The third-order valence-electron chi connectivity index (χ3n) is 4.66. The summed E-state index contributed by atoms with van der Waals surface area (Å²) in [7, 11) is 0. The number of hydrogen-bond acceptors (Lipinski definition) is 3. The average Bonchev–Trinajstić information content (AvgIpc) is 2.38. The minimum absolute atomic E-state index is 0.159. The zero-order valence-electron chi connectivity index (χ0n) is 12.6. The highest BCUT2D eigenvalue weighted by Gasteiger charge is 2.38. The molecule has 1 N–H and O–H groups in total. The normalized spacial score (nSPS) is 32.1. The van der Waals surface area contributed by atoms with Gasteiger partial charge in [0.1, 0.15) is 0 Å². The number of rotatable bonds is 3. The largest absolute Gasteiger partial charge is 0.481 e. The van der Waals surface area contributed by atoms with E-state index in [9.17, 15) is 14.7 Å². The van der Waals surface area contributed by atoms with E-state index < -0.39 is 11.4 Å². The van der Waals surface area contributed by atoms with Crippen molar-refractivity contribution in [2.45, 2.75) is 39.5 Å². The molecule has 5 nitrogen and oxygen atoms in total. The number of amides is 1. The standard InChI is InChI=1S/C15H26N2O3/c1-12-5-3-8-17(9-12)13(18)10-16-7-4-6-15(2,11-16)14(19)20/h12H,3-11H2,1-2H3,(H,19,20). The maximum atomic E-state index is 12.3. The molecule has 0 bridgehead atoms. The van der Waals surface area contributed by atoms with E-state index in [4.69, 9.17) is 0 Å². The number of aliphatic carboxylic acids is 1. The first-order chi connectivity index (χ1) is 9.40. The van der Waals surface area contributed by atoms with Crippen molar-refractivity contribution in [3.05, 3.63) is 0 Å². The van der Waals surface area contributed by atoms with E-state index in [2.05, 4.69) is 6.92 Å². The molecule has 2 atom stereocenters. The summed E-state index contributed by atoms with van der Waals surface area (Å²) >= 11 is 0. The van der Waals surface area contributed by atoms with Gasteiger partial charge in [-0.25, -0.2) is 0 Å². The van der Waals surface area contributed by atoms with Crippen molar-refractivity contribution in [2.24, 2.45) is 11.3 Å². The van der Waals surface area contributed by atoms with Crippen LogP contribution in [0.25, 0.3) is 0 Å². The molecule has 2 unspecified atom stereocenters. The average molecular weight is 282 g/mol. The molecule has 1 amide bonds. The van der Waals surface area contributed by atoms with Crippen LogP contribution in [0.3, 0.4) is 0 Å². The second kappa shape index (κ2) is 6.12. The highest BCUT2D eigenvalue weighted by molar-refractivity contribution is 5.79. The molecule has 2 fully saturated rings. The molecule has 0 aliphatic carbocycles. The van der Waals surface area contributed by atoms with Gasteiger partial charge in [0.15, 0.2) is 0 Å². The second-order valence-electron chi connectivity index (χ2n) is 6.77. The number of nitrogens with zero attached hydrogens (tertiary/aromatic N) is 2. The number of carbonyl (C=O) groups is 2. The molecule has 20 heavy (non-hydrogen) atoms. The van der Waals surface area contributed by atoms with Crippen LogP contribution >= 0.6 is 0 Å². The lowest BCUT2D eigenvalue weighted by molar-refractivity contribution is -0.152. The number of carboxylic acids is 1. The van der Waals surface area contributed by atoms with Crippen molar-refractivity contribution in [3.8, 4) is 0 Å². The van der Waals surface area contributed by atoms with E-state index in [1.54, 1.807) is 6.92 Å². The van der Waals surface area contributed by atoms with E-state index >= 15 is 0 Å². The van der Waals surface area contributed by atoms with E-state index in [1.807, 2.05) is 9.80 Å². The predicted octanol–water partition coefficient (Wildman–Crippen LogP) is 1.43. The molecule has 0 spiro atoms. The smallest absolute Gasteiger partial charge is 0.310 e. The molecule has 0 aromatic rings. The molecule has 0 radical (unpaired) electrons. The van der Waals surface area contributed by atoms with Crippen LogP contribution < -0.4 is 0 Å². The summed E-state index contributed by atoms with van der Waals surface area (Å²) in [6, 6.07) is 0. The Kier molecular flexibility index (Phi) is 4.68. The summed E-state index contributed by atoms with van der Waals surface area (Å²) in [5.74, 6) is -0.00854. The molecular weight excluding hydrogens is 256 g/mol. The minimum Gasteiger partial charge on any atom is -0.481 e. The summed E-state index contributed by atoms with van der Waals surface area (Å²) in [6.07, 6.45) is 3.84. The molecule has 2 aliphatic rings. The zero-order valence-corrected chi connectivity index (χ0v) is 12.6. The van der Waals surface area contributed by atoms with Crippen LogP contribution in [-0.4, -0.2) is 59.5 Å². The van der Waals surface area contributed by atoms with Gasteiger partial charge in [0.25, 0.3) is 0 Å². The maximum Gasteiger partial charge on any atom is 0.310 e. The van der Waals surface area contributed by atoms with Gasteiger partial charge in [-0.15, -0.1) is 0 Å². The highest BCUT2D eigenvalue weighted by atomic mass is 16.4. The zero-order chi connectivity index (χ0) is 14.8. The first-order valence-electron chi connectivity index (χ1n) is 7.64. The molecule has 5 heteroatoms. The summed E-state index contributed by atoms with van der Waals surface area (Å²) in [5.41, 5.74) is -0.701. The van der Waals surface area contributed by atoms with Crippen molar-refractivity contribution in [1.82, 2.24) is 9.80 Å². The lowest BCUT2D eigenvalue weighted by atomic mass is 9.82. The van der Waals surface area contributed by atoms with Crippen LogP contribution in [-0.2, 0) is 9.59 Å². The first kappa shape index (κ1) is 15.3. The fourth-order valence-corrected chi connectivity index (χ4v) is 3.36. The molecule has 2 heterocycles. The molecular formula is C15H26N2O3. The monoisotopic (exact) mass is 282 g/mol. The van der Waals surface area contributed by atoms with Crippen molar-refractivity contribution in [2.75, 3.05) is 32.7 Å². The van der Waals surface area contributed by atoms with Gasteiger partial charge in [0.05, 0.1) is 12.0 Å². The predicted molar refractivity (Wildman–Crippen MR) is 76.4 cm³/mol. The summed E-state index contributed by atoms with van der Waals surface area (Å²) in [4.78, 5) is 27.6. The molecule has 2 aliphatic heterocycles.